The van der Waals surface area contributed by atoms with Crippen LogP contribution in [0.4, 0.5) is 18.9 Å². The molecule has 5 rings (SSSR count). The fourth-order valence-electron chi connectivity index (χ4n) is 4.41. The second kappa shape index (κ2) is 9.50. The van der Waals surface area contributed by atoms with Gasteiger partial charge >= 0.3 is 6.18 Å². The van der Waals surface area contributed by atoms with Crippen LogP contribution in [-0.2, 0) is 10.9 Å². The number of hydrogen-bond donors (Lipinski definition) is 4. The number of rotatable bonds is 7. The van der Waals surface area contributed by atoms with Crippen LogP contribution in [0.3, 0.4) is 0 Å². The fourth-order valence-corrected chi connectivity index (χ4v) is 4.41. The van der Waals surface area contributed by atoms with E-state index in [1.54, 1.807) is 0 Å². The van der Waals surface area contributed by atoms with Crippen molar-refractivity contribution in [2.45, 2.75) is 37.8 Å². The monoisotopic (exact) mass is 471 g/mol. The van der Waals surface area contributed by atoms with Crippen molar-refractivity contribution in [1.82, 2.24) is 20.9 Å². The Morgan fingerprint density at radius 1 is 1.00 bits per heavy atom. The molecular weight excluding hydrogens is 443 g/mol. The van der Waals surface area contributed by atoms with Crippen molar-refractivity contribution in [2.24, 2.45) is 0 Å². The number of allylic oxidation sites excluding steroid dienone is 3. The summed E-state index contributed by atoms with van der Waals surface area (Å²) in [6.07, 6.45) is 10.7. The first-order valence-corrected chi connectivity index (χ1v) is 11.5. The van der Waals surface area contributed by atoms with Gasteiger partial charge in [0.05, 0.1) is 5.56 Å². The van der Waals surface area contributed by atoms with E-state index in [-0.39, 0.29) is 12.3 Å². The molecule has 1 saturated heterocycles. The number of fused-ring (bicyclic) bond motifs is 1. The van der Waals surface area contributed by atoms with Crippen molar-refractivity contribution in [3.63, 3.8) is 0 Å². The predicted octanol–water partition coefficient (Wildman–Crippen LogP) is 4.13. The Morgan fingerprint density at radius 3 is 2.47 bits per heavy atom. The number of hydrogen-bond acceptors (Lipinski definition) is 6. The SMILES string of the molecule is FC(F)(F)c1ccc(NC2C=CC(CC3=CNC4NC=C(OCN5CCCC5)C=C34)=CN2)cc1. The van der Waals surface area contributed by atoms with E-state index in [1.807, 2.05) is 30.8 Å². The summed E-state index contributed by atoms with van der Waals surface area (Å²) >= 11 is 0. The lowest BCUT2D eigenvalue weighted by Gasteiger charge is -2.24. The van der Waals surface area contributed by atoms with Gasteiger partial charge < -0.3 is 26.0 Å². The summed E-state index contributed by atoms with van der Waals surface area (Å²) in [7, 11) is 0. The molecule has 1 fully saturated rings. The van der Waals surface area contributed by atoms with Gasteiger partial charge in [-0.2, -0.15) is 13.2 Å². The zero-order chi connectivity index (χ0) is 23.5. The number of nitrogens with zero attached hydrogens (tertiary/aromatic N) is 1. The van der Waals surface area contributed by atoms with Crippen LogP contribution in [0.15, 0.2) is 83.6 Å². The topological polar surface area (TPSA) is 60.6 Å². The molecule has 4 aliphatic rings. The van der Waals surface area contributed by atoms with Gasteiger partial charge in [0.15, 0.2) is 0 Å². The molecule has 180 valence electrons. The van der Waals surface area contributed by atoms with Crippen LogP contribution >= 0.6 is 0 Å². The van der Waals surface area contributed by atoms with Gasteiger partial charge in [0.25, 0.3) is 0 Å². The van der Waals surface area contributed by atoms with E-state index in [0.717, 1.165) is 43.0 Å². The average molecular weight is 472 g/mol. The zero-order valence-electron chi connectivity index (χ0n) is 18.7. The molecule has 4 aliphatic heterocycles. The van der Waals surface area contributed by atoms with E-state index >= 15 is 0 Å². The summed E-state index contributed by atoms with van der Waals surface area (Å²) in [5.41, 5.74) is 3.41. The molecule has 34 heavy (non-hydrogen) atoms. The van der Waals surface area contributed by atoms with Crippen LogP contribution in [-0.4, -0.2) is 37.1 Å². The Labute approximate surface area is 196 Å². The number of likely N-dealkylation sites (tertiary alicyclic amines) is 1. The molecule has 4 N–H and O–H groups in total. The quantitative estimate of drug-likeness (QED) is 0.480. The molecule has 0 radical (unpaired) electrons. The maximum Gasteiger partial charge on any atom is 0.416 e. The Hall–Kier alpha value is -3.33. The third kappa shape index (κ3) is 5.25. The van der Waals surface area contributed by atoms with Gasteiger partial charge in [-0.25, -0.2) is 0 Å². The standard InChI is InChI=1S/C25H28F3N5O/c26-25(27,28)19-4-6-20(7-5-19)32-23-8-3-17(13-29-23)11-18-14-30-24-22(18)12-21(15-31-24)34-16-33-9-1-2-10-33/h3-8,12-15,23-24,29-32H,1-2,9-11,16H2. The van der Waals surface area contributed by atoms with E-state index in [1.165, 1.54) is 36.1 Å². The highest BCUT2D eigenvalue weighted by atomic mass is 19.4. The number of ether oxygens (including phenoxy) is 1. The van der Waals surface area contributed by atoms with Crippen LogP contribution in [0.25, 0.3) is 0 Å². The number of anilines is 1. The summed E-state index contributed by atoms with van der Waals surface area (Å²) < 4.78 is 44.2. The van der Waals surface area contributed by atoms with E-state index in [2.05, 4.69) is 32.2 Å². The molecule has 0 saturated carbocycles. The second-order valence-electron chi connectivity index (χ2n) is 8.80. The Balaban J connectivity index is 1.14. The highest BCUT2D eigenvalue weighted by Gasteiger charge is 2.30. The largest absolute Gasteiger partial charge is 0.477 e. The minimum Gasteiger partial charge on any atom is -0.477 e. The molecule has 6 nitrogen and oxygen atoms in total. The summed E-state index contributed by atoms with van der Waals surface area (Å²) in [6.45, 7) is 2.79. The van der Waals surface area contributed by atoms with Gasteiger partial charge in [-0.3, -0.25) is 4.90 Å². The first-order valence-electron chi connectivity index (χ1n) is 11.5. The zero-order valence-corrected chi connectivity index (χ0v) is 18.7. The van der Waals surface area contributed by atoms with E-state index in [0.29, 0.717) is 12.4 Å². The van der Waals surface area contributed by atoms with Gasteiger partial charge in [0.2, 0.25) is 0 Å². The number of alkyl halides is 3. The van der Waals surface area contributed by atoms with Crippen molar-refractivity contribution < 1.29 is 17.9 Å². The predicted molar refractivity (Wildman–Crippen MR) is 125 cm³/mol. The second-order valence-corrected chi connectivity index (χ2v) is 8.80. The molecule has 9 heteroatoms. The number of benzene rings is 1. The van der Waals surface area contributed by atoms with Crippen molar-refractivity contribution in [1.29, 1.82) is 0 Å². The normalized spacial score (nSPS) is 24.1. The molecule has 2 atom stereocenters. The van der Waals surface area contributed by atoms with Crippen LogP contribution in [0, 0.1) is 0 Å². The molecule has 1 aromatic carbocycles. The Bertz CT molecular complexity index is 1050. The Kier molecular flexibility index (Phi) is 6.28. The van der Waals surface area contributed by atoms with Crippen molar-refractivity contribution in [3.05, 3.63) is 89.1 Å². The summed E-state index contributed by atoms with van der Waals surface area (Å²) in [5.74, 6) is 0.833. The lowest BCUT2D eigenvalue weighted by atomic mass is 9.97. The maximum atomic E-state index is 12.7. The molecule has 2 unspecified atom stereocenters. The minimum atomic E-state index is -4.33. The third-order valence-electron chi connectivity index (χ3n) is 6.29. The fraction of sp³-hybridized carbons (Fsp3) is 0.360. The molecule has 0 bridgehead atoms. The number of halogens is 3. The van der Waals surface area contributed by atoms with Gasteiger partial charge in [-0.1, -0.05) is 6.08 Å². The summed E-state index contributed by atoms with van der Waals surface area (Å²) in [6, 6.07) is 5.03. The van der Waals surface area contributed by atoms with Crippen LogP contribution in [0.5, 0.6) is 0 Å². The van der Waals surface area contributed by atoms with E-state index in [9.17, 15) is 13.2 Å². The van der Waals surface area contributed by atoms with Crippen LogP contribution in [0.2, 0.25) is 0 Å². The van der Waals surface area contributed by atoms with Crippen molar-refractivity contribution in [3.8, 4) is 0 Å². The number of nitrogens with one attached hydrogen (secondary N) is 4. The molecular formula is C25H28F3N5O. The molecule has 0 aliphatic carbocycles. The van der Waals surface area contributed by atoms with Gasteiger partial charge in [0, 0.05) is 49.4 Å². The maximum absolute atomic E-state index is 12.7. The smallest absolute Gasteiger partial charge is 0.416 e. The van der Waals surface area contributed by atoms with Gasteiger partial charge in [-0.15, -0.1) is 0 Å². The highest BCUT2D eigenvalue weighted by Crippen LogP contribution is 2.31. The number of dihydropyridines is 2. The lowest BCUT2D eigenvalue weighted by Crippen LogP contribution is -2.37. The van der Waals surface area contributed by atoms with Gasteiger partial charge in [0.1, 0.15) is 24.8 Å². The minimum absolute atomic E-state index is 0.0457. The van der Waals surface area contributed by atoms with Crippen molar-refractivity contribution in [2.75, 3.05) is 25.1 Å². The first kappa shape index (κ1) is 22.5. The van der Waals surface area contributed by atoms with Gasteiger partial charge in [-0.05, 0) is 60.4 Å². The molecule has 0 aromatic heterocycles. The van der Waals surface area contributed by atoms with E-state index in [4.69, 9.17) is 4.74 Å². The molecule has 0 spiro atoms. The summed E-state index contributed by atoms with van der Waals surface area (Å²) in [5, 5.41) is 13.1. The third-order valence-corrected chi connectivity index (χ3v) is 6.29. The molecule has 4 heterocycles. The van der Waals surface area contributed by atoms with E-state index < -0.39 is 11.7 Å². The van der Waals surface area contributed by atoms with Crippen LogP contribution < -0.4 is 21.3 Å². The Morgan fingerprint density at radius 2 is 1.76 bits per heavy atom. The lowest BCUT2D eigenvalue weighted by molar-refractivity contribution is -0.137. The first-order chi connectivity index (χ1) is 16.4. The summed E-state index contributed by atoms with van der Waals surface area (Å²) in [4.78, 5) is 2.31. The molecule has 0 amide bonds. The molecule has 1 aromatic rings. The van der Waals surface area contributed by atoms with Crippen molar-refractivity contribution >= 4 is 5.69 Å². The highest BCUT2D eigenvalue weighted by molar-refractivity contribution is 5.50. The average Bonchev–Trinajstić information content (AvgIpc) is 3.49. The van der Waals surface area contributed by atoms with Crippen LogP contribution in [0.1, 0.15) is 24.8 Å².